The highest BCUT2D eigenvalue weighted by atomic mass is 16.5. The average Bonchev–Trinajstić information content (AvgIpc) is 3.01. The second kappa shape index (κ2) is 13.7. The Balaban J connectivity index is 1.85. The second-order valence-electron chi connectivity index (χ2n) is 9.34. The normalized spacial score (nSPS) is 11.8. The zero-order chi connectivity index (χ0) is 29.2. The van der Waals surface area contributed by atoms with Crippen molar-refractivity contribution in [1.29, 1.82) is 0 Å². The molecule has 7 heteroatoms. The summed E-state index contributed by atoms with van der Waals surface area (Å²) in [5.74, 6) is -3.52. The van der Waals surface area contributed by atoms with E-state index >= 15 is 0 Å². The van der Waals surface area contributed by atoms with Gasteiger partial charge in [-0.25, -0.2) is 9.79 Å². The van der Waals surface area contributed by atoms with Crippen molar-refractivity contribution in [2.45, 2.75) is 20.0 Å². The van der Waals surface area contributed by atoms with E-state index in [1.54, 1.807) is 54.6 Å². The number of aliphatic hydroxyl groups is 1. The summed E-state index contributed by atoms with van der Waals surface area (Å²) in [6.07, 6.45) is 0. The lowest BCUT2D eigenvalue weighted by Crippen LogP contribution is -2.39. The van der Waals surface area contributed by atoms with Gasteiger partial charge in [-0.1, -0.05) is 109 Å². The summed E-state index contributed by atoms with van der Waals surface area (Å²) in [5.41, 5.74) is 2.11. The van der Waals surface area contributed by atoms with Gasteiger partial charge in [0.05, 0.1) is 12.8 Å². The summed E-state index contributed by atoms with van der Waals surface area (Å²) in [6.45, 7) is 2.13. The van der Waals surface area contributed by atoms with Crippen molar-refractivity contribution < 1.29 is 24.2 Å². The molecule has 1 N–H and O–H groups in total. The average molecular weight is 547 g/mol. The van der Waals surface area contributed by atoms with Crippen LogP contribution in [0.3, 0.4) is 0 Å². The maximum Gasteiger partial charge on any atom is 0.357 e. The summed E-state index contributed by atoms with van der Waals surface area (Å²) in [4.78, 5) is 46.9. The Morgan fingerprint density at radius 1 is 0.732 bits per heavy atom. The molecule has 4 aromatic carbocycles. The third kappa shape index (κ3) is 7.42. The molecule has 7 nitrogen and oxygen atoms in total. The molecule has 0 aromatic heterocycles. The van der Waals surface area contributed by atoms with Gasteiger partial charge in [0.1, 0.15) is 11.3 Å². The molecule has 0 saturated carbocycles. The van der Waals surface area contributed by atoms with Crippen LogP contribution in [-0.4, -0.2) is 40.5 Å². The van der Waals surface area contributed by atoms with E-state index in [1.807, 2.05) is 67.6 Å². The van der Waals surface area contributed by atoms with E-state index in [9.17, 15) is 19.5 Å². The van der Waals surface area contributed by atoms with E-state index in [1.165, 1.54) is 4.90 Å². The Hall–Kier alpha value is -5.30. The maximum atomic E-state index is 14.1. The van der Waals surface area contributed by atoms with Gasteiger partial charge in [-0.3, -0.25) is 9.59 Å². The monoisotopic (exact) mass is 546 g/mol. The minimum absolute atomic E-state index is 0.127. The van der Waals surface area contributed by atoms with Crippen molar-refractivity contribution in [2.24, 2.45) is 4.99 Å². The smallest absolute Gasteiger partial charge is 0.357 e. The van der Waals surface area contributed by atoms with Crippen LogP contribution in [0.1, 0.15) is 22.3 Å². The summed E-state index contributed by atoms with van der Waals surface area (Å²) in [6, 6.07) is 33.7. The van der Waals surface area contributed by atoms with Crippen molar-refractivity contribution in [2.75, 3.05) is 7.11 Å². The lowest BCUT2D eigenvalue weighted by atomic mass is 9.98. The number of carbonyl (C=O) groups excluding carboxylic acids is 3. The van der Waals surface area contributed by atoms with Crippen molar-refractivity contribution in [1.82, 2.24) is 4.90 Å². The van der Waals surface area contributed by atoms with Crippen molar-refractivity contribution in [3.8, 4) is 0 Å². The molecule has 1 amide bonds. The van der Waals surface area contributed by atoms with Gasteiger partial charge in [-0.15, -0.1) is 0 Å². The molecule has 4 rings (SSSR count). The molecule has 0 bridgehead atoms. The number of rotatable bonds is 10. The lowest BCUT2D eigenvalue weighted by molar-refractivity contribution is -0.143. The first-order valence-corrected chi connectivity index (χ1v) is 13.0. The van der Waals surface area contributed by atoms with E-state index in [0.29, 0.717) is 5.69 Å². The highest BCUT2D eigenvalue weighted by Gasteiger charge is 2.35. The first kappa shape index (κ1) is 28.7. The molecule has 0 saturated heterocycles. The number of ether oxygens (including phenoxy) is 1. The predicted octanol–water partition coefficient (Wildman–Crippen LogP) is 6.01. The predicted molar refractivity (Wildman–Crippen MR) is 158 cm³/mol. The second-order valence-corrected chi connectivity index (χ2v) is 9.34. The van der Waals surface area contributed by atoms with Gasteiger partial charge >= 0.3 is 5.97 Å². The van der Waals surface area contributed by atoms with Crippen LogP contribution >= 0.6 is 0 Å². The lowest BCUT2D eigenvalue weighted by Gasteiger charge is -2.23. The van der Waals surface area contributed by atoms with E-state index in [0.717, 1.165) is 23.8 Å². The first-order chi connectivity index (χ1) is 19.9. The fourth-order valence-corrected chi connectivity index (χ4v) is 4.17. The number of ketones is 1. The van der Waals surface area contributed by atoms with Gasteiger partial charge in [0.15, 0.2) is 5.71 Å². The van der Waals surface area contributed by atoms with E-state index in [4.69, 9.17) is 4.74 Å². The highest BCUT2D eigenvalue weighted by molar-refractivity contribution is 6.60. The summed E-state index contributed by atoms with van der Waals surface area (Å²) in [7, 11) is 1.15. The minimum atomic E-state index is -1.09. The number of esters is 1. The van der Waals surface area contributed by atoms with Gasteiger partial charge in [0, 0.05) is 18.7 Å². The number of nitrogens with zero attached hydrogens (tertiary/aromatic N) is 2. The number of carbonyl (C=O) groups is 3. The molecule has 0 spiro atoms. The van der Waals surface area contributed by atoms with Crippen LogP contribution in [0.5, 0.6) is 0 Å². The number of Topliss-reactive ketones (excluding diaryl/α,β-unsaturated/α-hetero) is 1. The molecular weight excluding hydrogens is 516 g/mol. The number of benzene rings is 4. The topological polar surface area (TPSA) is 96.3 Å². The number of amides is 1. The highest BCUT2D eigenvalue weighted by Crippen LogP contribution is 2.24. The quantitative estimate of drug-likeness (QED) is 0.0864. The number of para-hydroxylation sites is 1. The Labute approximate surface area is 239 Å². The molecule has 0 aliphatic carbocycles. The maximum absolute atomic E-state index is 14.1. The molecule has 0 atom stereocenters. The number of methoxy groups -OCH3 is 1. The third-order valence-electron chi connectivity index (χ3n) is 6.32. The molecular formula is C34H30N2O5. The standard InChI is InChI=1S/C34H30N2O5/c1-24-18-20-27(21-19-24)31(37)29(30(34(40)41-2)35-28-16-10-5-11-17-28)32(38)33(39)36(22-25-12-6-3-7-13-25)23-26-14-8-4-9-15-26/h3-21,37H,22-23H2,1-2H3/b31-29+,35-30?. The fraction of sp³-hybridized carbons (Fsp3) is 0.118. The molecule has 0 unspecified atom stereocenters. The van der Waals surface area contributed by atoms with Crippen LogP contribution < -0.4 is 0 Å². The van der Waals surface area contributed by atoms with Crippen LogP contribution in [0, 0.1) is 6.92 Å². The Morgan fingerprint density at radius 2 is 1.22 bits per heavy atom. The summed E-state index contributed by atoms with van der Waals surface area (Å²) in [5, 5.41) is 11.4. The number of aliphatic imine (C=N–C) groups is 1. The van der Waals surface area contributed by atoms with Crippen molar-refractivity contribution >= 4 is 34.8 Å². The van der Waals surface area contributed by atoms with Gasteiger partial charge in [-0.05, 0) is 30.2 Å². The van der Waals surface area contributed by atoms with Gasteiger partial charge in [0.2, 0.25) is 0 Å². The van der Waals surface area contributed by atoms with Crippen LogP contribution in [0.25, 0.3) is 5.76 Å². The Morgan fingerprint density at radius 3 is 1.71 bits per heavy atom. The third-order valence-corrected chi connectivity index (χ3v) is 6.32. The number of aliphatic hydroxyl groups excluding tert-OH is 1. The summed E-state index contributed by atoms with van der Waals surface area (Å²) < 4.78 is 4.96. The van der Waals surface area contributed by atoms with E-state index < -0.39 is 34.7 Å². The van der Waals surface area contributed by atoms with Crippen molar-refractivity contribution in [3.63, 3.8) is 0 Å². The Bertz CT molecular complexity index is 1520. The largest absolute Gasteiger partial charge is 0.506 e. The van der Waals surface area contributed by atoms with E-state index in [2.05, 4.69) is 4.99 Å². The number of hydrogen-bond donors (Lipinski definition) is 1. The van der Waals surface area contributed by atoms with Gasteiger partial charge < -0.3 is 14.7 Å². The first-order valence-electron chi connectivity index (χ1n) is 13.0. The molecule has 4 aromatic rings. The van der Waals surface area contributed by atoms with E-state index in [-0.39, 0.29) is 18.7 Å². The zero-order valence-electron chi connectivity index (χ0n) is 22.9. The number of aryl methyl sites for hydroxylation is 1. The fourth-order valence-electron chi connectivity index (χ4n) is 4.17. The van der Waals surface area contributed by atoms with Crippen LogP contribution in [0.2, 0.25) is 0 Å². The Kier molecular flexibility index (Phi) is 9.57. The summed E-state index contributed by atoms with van der Waals surface area (Å²) >= 11 is 0. The van der Waals surface area contributed by atoms with Gasteiger partial charge in [-0.2, -0.15) is 0 Å². The van der Waals surface area contributed by atoms with Gasteiger partial charge in [0.25, 0.3) is 11.7 Å². The van der Waals surface area contributed by atoms with Crippen molar-refractivity contribution in [3.05, 3.63) is 143 Å². The molecule has 0 radical (unpaired) electrons. The molecule has 0 fully saturated rings. The SMILES string of the molecule is COC(=O)C(=Nc1ccccc1)/C(C(=O)C(=O)N(Cc1ccccc1)Cc1ccccc1)=C(\O)c1ccc(C)cc1. The number of hydrogen-bond acceptors (Lipinski definition) is 6. The molecule has 0 heterocycles. The molecule has 41 heavy (non-hydrogen) atoms. The zero-order valence-corrected chi connectivity index (χ0v) is 22.9. The van der Waals surface area contributed by atoms with Crippen LogP contribution in [0.4, 0.5) is 5.69 Å². The minimum Gasteiger partial charge on any atom is -0.506 e. The van der Waals surface area contributed by atoms with Crippen LogP contribution in [0.15, 0.2) is 126 Å². The molecule has 0 aliphatic rings. The molecule has 0 aliphatic heterocycles. The molecule has 206 valence electrons. The van der Waals surface area contributed by atoms with Crippen LogP contribution in [-0.2, 0) is 32.2 Å².